The Morgan fingerprint density at radius 1 is 1.46 bits per heavy atom. The molecule has 0 saturated heterocycles. The van der Waals surface area contributed by atoms with Crippen LogP contribution in [-0.4, -0.2) is 27.7 Å². The van der Waals surface area contributed by atoms with Gasteiger partial charge in [-0.2, -0.15) is 8.78 Å². The van der Waals surface area contributed by atoms with Gasteiger partial charge < -0.3 is 9.84 Å². The van der Waals surface area contributed by atoms with Crippen molar-refractivity contribution in [3.05, 3.63) is 18.1 Å². The normalized spacial score (nSPS) is 10.1. The SMILES string of the molecule is O=C(O)c1cnc(OC(F)F)cn1. The number of carbonyl (C=O) groups is 1. The van der Waals surface area contributed by atoms with E-state index in [4.69, 9.17) is 5.11 Å². The molecule has 0 aromatic carbocycles. The second kappa shape index (κ2) is 3.74. The van der Waals surface area contributed by atoms with E-state index in [9.17, 15) is 13.6 Å². The average Bonchev–Trinajstić information content (AvgIpc) is 2.04. The minimum absolute atomic E-state index is 0.332. The molecule has 0 aliphatic carbocycles. The van der Waals surface area contributed by atoms with Crippen LogP contribution in [0.1, 0.15) is 10.5 Å². The molecule has 1 N–H and O–H groups in total. The molecule has 0 spiro atoms. The number of nitrogens with zero attached hydrogens (tertiary/aromatic N) is 2. The van der Waals surface area contributed by atoms with Crippen molar-refractivity contribution in [1.82, 2.24) is 9.97 Å². The van der Waals surface area contributed by atoms with Crippen LogP contribution < -0.4 is 4.74 Å². The van der Waals surface area contributed by atoms with E-state index in [0.29, 0.717) is 0 Å². The van der Waals surface area contributed by atoms with Crippen LogP contribution in [0.25, 0.3) is 0 Å². The van der Waals surface area contributed by atoms with E-state index >= 15 is 0 Å². The Balaban J connectivity index is 2.75. The summed E-state index contributed by atoms with van der Waals surface area (Å²) in [6.07, 6.45) is 1.65. The van der Waals surface area contributed by atoms with Gasteiger partial charge in [0, 0.05) is 0 Å². The predicted molar refractivity (Wildman–Crippen MR) is 35.6 cm³/mol. The highest BCUT2D eigenvalue weighted by Crippen LogP contribution is 2.07. The van der Waals surface area contributed by atoms with Gasteiger partial charge in [0.2, 0.25) is 5.88 Å². The lowest BCUT2D eigenvalue weighted by Gasteiger charge is -2.01. The van der Waals surface area contributed by atoms with E-state index < -0.39 is 18.5 Å². The van der Waals surface area contributed by atoms with Crippen molar-refractivity contribution in [3.8, 4) is 5.88 Å². The fourth-order valence-corrected chi connectivity index (χ4v) is 0.579. The summed E-state index contributed by atoms with van der Waals surface area (Å²) in [5.41, 5.74) is -0.332. The fraction of sp³-hybridized carbons (Fsp3) is 0.167. The van der Waals surface area contributed by atoms with E-state index in [-0.39, 0.29) is 5.69 Å². The van der Waals surface area contributed by atoms with Crippen molar-refractivity contribution in [2.24, 2.45) is 0 Å². The number of rotatable bonds is 3. The van der Waals surface area contributed by atoms with Gasteiger partial charge in [-0.1, -0.05) is 0 Å². The molecule has 1 heterocycles. The van der Waals surface area contributed by atoms with E-state index in [2.05, 4.69) is 14.7 Å². The molecule has 0 atom stereocenters. The van der Waals surface area contributed by atoms with Crippen LogP contribution in [-0.2, 0) is 0 Å². The van der Waals surface area contributed by atoms with Crippen molar-refractivity contribution < 1.29 is 23.4 Å². The predicted octanol–water partition coefficient (Wildman–Crippen LogP) is 0.776. The van der Waals surface area contributed by atoms with E-state index in [1.54, 1.807) is 0 Å². The Morgan fingerprint density at radius 3 is 2.54 bits per heavy atom. The molecule has 1 aromatic heterocycles. The van der Waals surface area contributed by atoms with Crippen LogP contribution in [0.2, 0.25) is 0 Å². The zero-order valence-electron chi connectivity index (χ0n) is 6.15. The van der Waals surface area contributed by atoms with Crippen LogP contribution in [0.15, 0.2) is 12.4 Å². The number of aromatic nitrogens is 2. The maximum absolute atomic E-state index is 11.6. The minimum Gasteiger partial charge on any atom is -0.476 e. The van der Waals surface area contributed by atoms with Crippen molar-refractivity contribution in [2.75, 3.05) is 0 Å². The van der Waals surface area contributed by atoms with E-state index in [1.165, 1.54) is 0 Å². The molecule has 1 rings (SSSR count). The van der Waals surface area contributed by atoms with Gasteiger partial charge in [0.05, 0.1) is 12.4 Å². The van der Waals surface area contributed by atoms with Crippen LogP contribution >= 0.6 is 0 Å². The molecule has 1 aromatic rings. The maximum atomic E-state index is 11.6. The standard InChI is InChI=1S/C6H4F2N2O3/c7-6(8)13-4-2-9-3(1-10-4)5(11)12/h1-2,6H,(H,11,12). The summed E-state index contributed by atoms with van der Waals surface area (Å²) in [4.78, 5) is 16.8. The highest BCUT2D eigenvalue weighted by molar-refractivity contribution is 5.84. The zero-order valence-corrected chi connectivity index (χ0v) is 6.15. The van der Waals surface area contributed by atoms with Crippen molar-refractivity contribution in [3.63, 3.8) is 0 Å². The molecule has 0 aliphatic rings. The molecule has 7 heteroatoms. The topological polar surface area (TPSA) is 72.3 Å². The van der Waals surface area contributed by atoms with Gasteiger partial charge in [-0.15, -0.1) is 0 Å². The van der Waals surface area contributed by atoms with Gasteiger partial charge in [0.1, 0.15) is 0 Å². The Hall–Kier alpha value is -1.79. The quantitative estimate of drug-likeness (QED) is 0.762. The molecule has 70 valence electrons. The number of carboxylic acids is 1. The number of aromatic carboxylic acids is 1. The number of hydrogen-bond acceptors (Lipinski definition) is 4. The molecule has 0 unspecified atom stereocenters. The first kappa shape index (κ1) is 9.30. The smallest absolute Gasteiger partial charge is 0.388 e. The van der Waals surface area contributed by atoms with Gasteiger partial charge in [-0.3, -0.25) is 0 Å². The number of halogens is 2. The second-order valence-electron chi connectivity index (χ2n) is 1.92. The van der Waals surface area contributed by atoms with Gasteiger partial charge in [-0.05, 0) is 0 Å². The van der Waals surface area contributed by atoms with Gasteiger partial charge >= 0.3 is 12.6 Å². The molecule has 0 aliphatic heterocycles. The Kier molecular flexibility index (Phi) is 2.68. The maximum Gasteiger partial charge on any atom is 0.388 e. The molecule has 13 heavy (non-hydrogen) atoms. The van der Waals surface area contributed by atoms with Crippen molar-refractivity contribution >= 4 is 5.97 Å². The summed E-state index contributed by atoms with van der Waals surface area (Å²) >= 11 is 0. The Labute approximate surface area is 71.0 Å². The average molecular weight is 190 g/mol. The first-order chi connectivity index (χ1) is 6.09. The first-order valence-electron chi connectivity index (χ1n) is 3.09. The molecular formula is C6H4F2N2O3. The highest BCUT2D eigenvalue weighted by atomic mass is 19.3. The van der Waals surface area contributed by atoms with Gasteiger partial charge in [0.25, 0.3) is 0 Å². The van der Waals surface area contributed by atoms with E-state index in [0.717, 1.165) is 12.4 Å². The van der Waals surface area contributed by atoms with Gasteiger partial charge in [0.15, 0.2) is 5.69 Å². The summed E-state index contributed by atoms with van der Waals surface area (Å²) < 4.78 is 27.0. The number of alkyl halides is 2. The Morgan fingerprint density at radius 2 is 2.15 bits per heavy atom. The van der Waals surface area contributed by atoms with E-state index in [1.807, 2.05) is 0 Å². The Bertz CT molecular complexity index is 301. The molecule has 0 saturated carbocycles. The summed E-state index contributed by atoms with van der Waals surface area (Å²) in [7, 11) is 0. The molecule has 5 nitrogen and oxygen atoms in total. The summed E-state index contributed by atoms with van der Waals surface area (Å²) in [6.45, 7) is -3.00. The summed E-state index contributed by atoms with van der Waals surface area (Å²) in [6, 6.07) is 0. The molecule has 0 amide bonds. The number of hydrogen-bond donors (Lipinski definition) is 1. The molecule has 0 bridgehead atoms. The lowest BCUT2D eigenvalue weighted by Crippen LogP contribution is -2.06. The summed E-state index contributed by atoms with van der Waals surface area (Å²) in [5.74, 6) is -1.70. The largest absolute Gasteiger partial charge is 0.476 e. The first-order valence-corrected chi connectivity index (χ1v) is 3.09. The summed E-state index contributed by atoms with van der Waals surface area (Å²) in [5, 5.41) is 8.37. The highest BCUT2D eigenvalue weighted by Gasteiger charge is 2.08. The van der Waals surface area contributed by atoms with Gasteiger partial charge in [-0.25, -0.2) is 14.8 Å². The monoisotopic (exact) mass is 190 g/mol. The van der Waals surface area contributed by atoms with Crippen LogP contribution in [0, 0.1) is 0 Å². The van der Waals surface area contributed by atoms with Crippen LogP contribution in [0.5, 0.6) is 5.88 Å². The third-order valence-corrected chi connectivity index (χ3v) is 1.06. The minimum atomic E-state index is -3.00. The zero-order chi connectivity index (χ0) is 9.84. The molecule has 0 radical (unpaired) electrons. The van der Waals surface area contributed by atoms with Crippen molar-refractivity contribution in [1.29, 1.82) is 0 Å². The molecular weight excluding hydrogens is 186 g/mol. The van der Waals surface area contributed by atoms with Crippen molar-refractivity contribution in [2.45, 2.75) is 6.61 Å². The van der Waals surface area contributed by atoms with Crippen LogP contribution in [0.4, 0.5) is 8.78 Å². The third-order valence-electron chi connectivity index (χ3n) is 1.06. The number of carboxylic acid groups (broad SMARTS) is 1. The lowest BCUT2D eigenvalue weighted by molar-refractivity contribution is -0.0531. The third kappa shape index (κ3) is 2.62. The second-order valence-corrected chi connectivity index (χ2v) is 1.92. The molecule has 0 fully saturated rings. The van der Waals surface area contributed by atoms with Crippen LogP contribution in [0.3, 0.4) is 0 Å². The lowest BCUT2D eigenvalue weighted by atomic mass is 10.5. The number of ether oxygens (including phenoxy) is 1. The fourth-order valence-electron chi connectivity index (χ4n) is 0.579.